The largest absolute Gasteiger partial charge is 0.356 e. The number of ether oxygens (including phenoxy) is 2. The van der Waals surface area contributed by atoms with Gasteiger partial charge in [-0.3, -0.25) is 4.79 Å². The number of likely N-dealkylation sites (N-methyl/N-ethyl adjacent to an activating group) is 1. The molecule has 7 nitrogen and oxygen atoms in total. The summed E-state index contributed by atoms with van der Waals surface area (Å²) in [5.41, 5.74) is 0. The molecule has 2 rings (SSSR count). The molecule has 0 aromatic carbocycles. The molecule has 0 bridgehead atoms. The van der Waals surface area contributed by atoms with Crippen LogP contribution >= 0.6 is 0 Å². The smallest absolute Gasteiger partial charge is 0.243 e. The number of carbonyl (C=O) groups excluding carboxylic acids is 1. The van der Waals surface area contributed by atoms with Gasteiger partial charge < -0.3 is 24.6 Å². The number of aliphatic imine (C=N–C) groups is 1. The number of hydrogen-bond acceptors (Lipinski definition) is 4. The zero-order chi connectivity index (χ0) is 18.4. The van der Waals surface area contributed by atoms with Crippen LogP contribution in [0.5, 0.6) is 0 Å². The average Bonchev–Trinajstić information content (AvgIpc) is 3.02. The highest BCUT2D eigenvalue weighted by Gasteiger charge is 2.42. The molecular weight excluding hydrogens is 320 g/mol. The average molecular weight is 354 g/mol. The van der Waals surface area contributed by atoms with Gasteiger partial charge in [0.1, 0.15) is 6.54 Å². The van der Waals surface area contributed by atoms with Gasteiger partial charge >= 0.3 is 0 Å². The van der Waals surface area contributed by atoms with Crippen LogP contribution < -0.4 is 5.32 Å². The molecular formula is C18H34N4O3. The molecule has 25 heavy (non-hydrogen) atoms. The minimum Gasteiger partial charge on any atom is -0.356 e. The first-order valence-corrected chi connectivity index (χ1v) is 9.33. The number of nitrogens with one attached hydrogen (secondary N) is 1. The van der Waals surface area contributed by atoms with E-state index in [2.05, 4.69) is 29.1 Å². The minimum absolute atomic E-state index is 0.00632. The SMILES string of the molecule is CC(C)CNC(=NCC(=O)N(C)C)N1CCCC(C2(C)OCCO2)C1. The normalized spacial score (nSPS) is 23.8. The van der Waals surface area contributed by atoms with E-state index in [0.717, 1.165) is 38.4 Å². The summed E-state index contributed by atoms with van der Waals surface area (Å²) in [6.45, 7) is 10.5. The highest BCUT2D eigenvalue weighted by Crippen LogP contribution is 2.34. The van der Waals surface area contributed by atoms with E-state index >= 15 is 0 Å². The third-order valence-electron chi connectivity index (χ3n) is 4.85. The van der Waals surface area contributed by atoms with Gasteiger partial charge in [-0.15, -0.1) is 0 Å². The van der Waals surface area contributed by atoms with E-state index < -0.39 is 5.79 Å². The number of likely N-dealkylation sites (tertiary alicyclic amines) is 1. The Bertz CT molecular complexity index is 473. The molecule has 1 N–H and O–H groups in total. The Morgan fingerprint density at radius 1 is 1.36 bits per heavy atom. The van der Waals surface area contributed by atoms with Gasteiger partial charge in [0, 0.05) is 39.6 Å². The minimum atomic E-state index is -0.499. The summed E-state index contributed by atoms with van der Waals surface area (Å²) in [6.07, 6.45) is 2.15. The Balaban J connectivity index is 2.06. The highest BCUT2D eigenvalue weighted by atomic mass is 16.7. The van der Waals surface area contributed by atoms with Crippen LogP contribution in [0.1, 0.15) is 33.6 Å². The van der Waals surface area contributed by atoms with E-state index in [0.29, 0.717) is 25.0 Å². The van der Waals surface area contributed by atoms with Gasteiger partial charge in [0.15, 0.2) is 11.7 Å². The van der Waals surface area contributed by atoms with E-state index in [-0.39, 0.29) is 12.5 Å². The molecule has 2 aliphatic heterocycles. The van der Waals surface area contributed by atoms with E-state index in [9.17, 15) is 4.79 Å². The van der Waals surface area contributed by atoms with Crippen molar-refractivity contribution in [2.75, 3.05) is 53.5 Å². The van der Waals surface area contributed by atoms with Crippen molar-refractivity contribution in [2.45, 2.75) is 39.4 Å². The second-order valence-corrected chi connectivity index (χ2v) is 7.70. The predicted molar refractivity (Wildman–Crippen MR) is 98.4 cm³/mol. The predicted octanol–water partition coefficient (Wildman–Crippen LogP) is 1.15. The van der Waals surface area contributed by atoms with Gasteiger partial charge in [0.25, 0.3) is 0 Å². The summed E-state index contributed by atoms with van der Waals surface area (Å²) >= 11 is 0. The molecule has 2 saturated heterocycles. The van der Waals surface area contributed by atoms with Crippen LogP contribution in [0.4, 0.5) is 0 Å². The fourth-order valence-corrected chi connectivity index (χ4v) is 3.21. The van der Waals surface area contributed by atoms with Gasteiger partial charge in [-0.2, -0.15) is 0 Å². The third kappa shape index (κ3) is 5.57. The van der Waals surface area contributed by atoms with Crippen LogP contribution in [0, 0.1) is 11.8 Å². The molecule has 0 aromatic heterocycles. The second-order valence-electron chi connectivity index (χ2n) is 7.70. The van der Waals surface area contributed by atoms with Gasteiger partial charge in [-0.05, 0) is 25.7 Å². The van der Waals surface area contributed by atoms with Crippen LogP contribution in [0.3, 0.4) is 0 Å². The van der Waals surface area contributed by atoms with E-state index in [4.69, 9.17) is 9.47 Å². The summed E-state index contributed by atoms with van der Waals surface area (Å²) in [4.78, 5) is 20.3. The molecule has 2 fully saturated rings. The zero-order valence-corrected chi connectivity index (χ0v) is 16.4. The molecule has 1 unspecified atom stereocenters. The number of guanidine groups is 1. The monoisotopic (exact) mass is 354 g/mol. The Kier molecular flexibility index (Phi) is 7.07. The molecule has 2 aliphatic rings. The Hall–Kier alpha value is -1.34. The lowest BCUT2D eigenvalue weighted by atomic mass is 9.90. The summed E-state index contributed by atoms with van der Waals surface area (Å²) in [6, 6.07) is 0. The van der Waals surface area contributed by atoms with Crippen molar-refractivity contribution in [1.29, 1.82) is 0 Å². The molecule has 7 heteroatoms. The Morgan fingerprint density at radius 3 is 2.64 bits per heavy atom. The number of piperidine rings is 1. The summed E-state index contributed by atoms with van der Waals surface area (Å²) in [5.74, 6) is 1.14. The van der Waals surface area contributed by atoms with Crippen molar-refractivity contribution < 1.29 is 14.3 Å². The lowest BCUT2D eigenvalue weighted by Gasteiger charge is -2.41. The lowest BCUT2D eigenvalue weighted by Crippen LogP contribution is -2.52. The maximum atomic E-state index is 11.9. The van der Waals surface area contributed by atoms with E-state index in [1.807, 2.05) is 6.92 Å². The van der Waals surface area contributed by atoms with Crippen molar-refractivity contribution in [2.24, 2.45) is 16.8 Å². The van der Waals surface area contributed by atoms with Crippen molar-refractivity contribution >= 4 is 11.9 Å². The third-order valence-corrected chi connectivity index (χ3v) is 4.85. The van der Waals surface area contributed by atoms with Gasteiger partial charge in [-0.25, -0.2) is 4.99 Å². The van der Waals surface area contributed by atoms with E-state index in [1.165, 1.54) is 0 Å². The first-order chi connectivity index (χ1) is 11.8. The molecule has 0 spiro atoms. The maximum Gasteiger partial charge on any atom is 0.243 e. The molecule has 0 aromatic rings. The number of rotatable bonds is 5. The van der Waals surface area contributed by atoms with Crippen molar-refractivity contribution in [3.63, 3.8) is 0 Å². The highest BCUT2D eigenvalue weighted by molar-refractivity contribution is 5.84. The fourth-order valence-electron chi connectivity index (χ4n) is 3.21. The lowest BCUT2D eigenvalue weighted by molar-refractivity contribution is -0.189. The van der Waals surface area contributed by atoms with Crippen molar-refractivity contribution in [3.05, 3.63) is 0 Å². The fraction of sp³-hybridized carbons (Fsp3) is 0.889. The van der Waals surface area contributed by atoms with Crippen LogP contribution in [0.15, 0.2) is 4.99 Å². The molecule has 0 radical (unpaired) electrons. The summed E-state index contributed by atoms with van der Waals surface area (Å²) in [7, 11) is 3.51. The van der Waals surface area contributed by atoms with Gasteiger partial charge in [-0.1, -0.05) is 13.8 Å². The molecule has 0 aliphatic carbocycles. The van der Waals surface area contributed by atoms with Gasteiger partial charge in [0.2, 0.25) is 5.91 Å². The quantitative estimate of drug-likeness (QED) is 0.593. The van der Waals surface area contributed by atoms with Crippen LogP contribution in [0.2, 0.25) is 0 Å². The molecule has 1 atom stereocenters. The zero-order valence-electron chi connectivity index (χ0n) is 16.4. The van der Waals surface area contributed by atoms with Crippen LogP contribution in [0.25, 0.3) is 0 Å². The van der Waals surface area contributed by atoms with Crippen LogP contribution in [-0.2, 0) is 14.3 Å². The number of carbonyl (C=O) groups is 1. The topological polar surface area (TPSA) is 66.4 Å². The first-order valence-electron chi connectivity index (χ1n) is 9.33. The standard InChI is InChI=1S/C18H34N4O3/c1-14(2)11-19-17(20-12-16(23)21(4)5)22-8-6-7-15(13-22)18(3)24-9-10-25-18/h14-15H,6-13H2,1-5H3,(H,19,20). The molecule has 2 heterocycles. The summed E-state index contributed by atoms with van der Waals surface area (Å²) < 4.78 is 11.7. The number of amides is 1. The summed E-state index contributed by atoms with van der Waals surface area (Å²) in [5, 5.41) is 3.43. The number of nitrogens with zero attached hydrogens (tertiary/aromatic N) is 3. The second kappa shape index (κ2) is 8.85. The van der Waals surface area contributed by atoms with Gasteiger partial charge in [0.05, 0.1) is 13.2 Å². The number of hydrogen-bond donors (Lipinski definition) is 1. The molecule has 0 saturated carbocycles. The Morgan fingerprint density at radius 2 is 2.04 bits per heavy atom. The first kappa shape index (κ1) is 20.0. The Labute approximate surface area is 151 Å². The van der Waals surface area contributed by atoms with E-state index in [1.54, 1.807) is 19.0 Å². The maximum absolute atomic E-state index is 11.9. The van der Waals surface area contributed by atoms with Crippen molar-refractivity contribution in [3.8, 4) is 0 Å². The molecule has 144 valence electrons. The molecule has 1 amide bonds. The van der Waals surface area contributed by atoms with Crippen LogP contribution in [-0.4, -0.2) is 80.9 Å². The van der Waals surface area contributed by atoms with Crippen molar-refractivity contribution in [1.82, 2.24) is 15.1 Å².